The van der Waals surface area contributed by atoms with Crippen LogP contribution in [-0.2, 0) is 19.0 Å². The Morgan fingerprint density at radius 2 is 1.73 bits per heavy atom. The average molecular weight is 383 g/mol. The molecule has 2 rings (SSSR count). The molecule has 0 aromatic carbocycles. The molecule has 0 fully saturated rings. The molecule has 1 atom stereocenters. The summed E-state index contributed by atoms with van der Waals surface area (Å²) < 4.78 is 15.1. The molecule has 0 aliphatic carbocycles. The minimum absolute atomic E-state index is 0.350. The van der Waals surface area contributed by atoms with Gasteiger partial charge in [-0.15, -0.1) is 11.3 Å². The number of aliphatic imine (C=N–C) groups is 1. The van der Waals surface area contributed by atoms with E-state index in [1.54, 1.807) is 45.2 Å². The number of ether oxygens (including phenoxy) is 3. The number of amidine groups is 1. The fraction of sp³-hybridized carbons (Fsp3) is 0.500. The summed E-state index contributed by atoms with van der Waals surface area (Å²) in [6, 6.07) is 3.51. The van der Waals surface area contributed by atoms with E-state index in [0.717, 1.165) is 17.1 Å². The van der Waals surface area contributed by atoms with Crippen LogP contribution in [0.25, 0.3) is 0 Å². The summed E-state index contributed by atoms with van der Waals surface area (Å²) in [5.74, 6) is -1.22. The number of amides is 2. The van der Waals surface area contributed by atoms with Gasteiger partial charge in [-0.2, -0.15) is 10.0 Å². The van der Waals surface area contributed by atoms with Crippen molar-refractivity contribution in [3.8, 4) is 0 Å². The van der Waals surface area contributed by atoms with E-state index in [1.807, 2.05) is 0 Å². The Bertz CT molecular complexity index is 701. The maximum atomic E-state index is 12.7. The van der Waals surface area contributed by atoms with Gasteiger partial charge < -0.3 is 14.2 Å². The minimum Gasteiger partial charge on any atom is -0.463 e. The van der Waals surface area contributed by atoms with Gasteiger partial charge in [-0.1, -0.05) is 6.07 Å². The summed E-state index contributed by atoms with van der Waals surface area (Å²) in [4.78, 5) is 42.2. The molecule has 1 aromatic heterocycles. The van der Waals surface area contributed by atoms with Crippen LogP contribution >= 0.6 is 11.3 Å². The van der Waals surface area contributed by atoms with Crippen LogP contribution in [-0.4, -0.2) is 53.3 Å². The van der Waals surface area contributed by atoms with E-state index in [4.69, 9.17) is 14.2 Å². The molecule has 1 unspecified atom stereocenters. The number of rotatable bonds is 4. The molecule has 0 bridgehead atoms. The summed E-state index contributed by atoms with van der Waals surface area (Å²) >= 11 is 1.32. The highest BCUT2D eigenvalue weighted by atomic mass is 32.1. The number of thiophene rings is 1. The number of carbonyl (C=O) groups is 3. The monoisotopic (exact) mass is 383 g/mol. The lowest BCUT2D eigenvalue weighted by molar-refractivity contribution is -0.134. The van der Waals surface area contributed by atoms with Crippen molar-refractivity contribution in [2.75, 3.05) is 7.11 Å². The Balaban J connectivity index is 2.49. The predicted molar refractivity (Wildman–Crippen MR) is 93.4 cm³/mol. The summed E-state index contributed by atoms with van der Waals surface area (Å²) in [7, 11) is 1.16. The zero-order chi connectivity index (χ0) is 19.4. The zero-order valence-corrected chi connectivity index (χ0v) is 16.0. The van der Waals surface area contributed by atoms with Gasteiger partial charge in [-0.05, 0) is 39.1 Å². The van der Waals surface area contributed by atoms with Crippen molar-refractivity contribution in [3.63, 3.8) is 0 Å². The highest BCUT2D eigenvalue weighted by molar-refractivity contribution is 7.10. The van der Waals surface area contributed by atoms with E-state index in [2.05, 4.69) is 4.99 Å². The van der Waals surface area contributed by atoms with Crippen molar-refractivity contribution in [2.45, 2.75) is 46.1 Å². The number of nitrogens with zero attached hydrogens (tertiary/aromatic N) is 3. The first-order chi connectivity index (χ1) is 12.3. The Morgan fingerprint density at radius 1 is 1.12 bits per heavy atom. The number of methoxy groups -OCH3 is 1. The van der Waals surface area contributed by atoms with Crippen molar-refractivity contribution >= 4 is 35.3 Å². The van der Waals surface area contributed by atoms with Crippen molar-refractivity contribution in [1.29, 1.82) is 0 Å². The molecule has 0 saturated heterocycles. The quantitative estimate of drug-likeness (QED) is 0.586. The molecule has 0 radical (unpaired) electrons. The molecule has 142 valence electrons. The molecular weight excluding hydrogens is 362 g/mol. The first kappa shape index (κ1) is 19.7. The van der Waals surface area contributed by atoms with Gasteiger partial charge in [0.1, 0.15) is 0 Å². The van der Waals surface area contributed by atoms with Crippen LogP contribution in [0.4, 0.5) is 9.59 Å². The topological polar surface area (TPSA) is 97.7 Å². The van der Waals surface area contributed by atoms with E-state index in [9.17, 15) is 14.4 Å². The molecule has 1 aliphatic heterocycles. The molecule has 2 amide bonds. The number of hydrazine groups is 1. The van der Waals surface area contributed by atoms with Crippen molar-refractivity contribution in [1.82, 2.24) is 10.0 Å². The molecule has 0 saturated carbocycles. The molecule has 9 nitrogen and oxygen atoms in total. The molecule has 26 heavy (non-hydrogen) atoms. The maximum absolute atomic E-state index is 12.7. The van der Waals surface area contributed by atoms with E-state index in [0.29, 0.717) is 4.88 Å². The Kier molecular flexibility index (Phi) is 6.19. The summed E-state index contributed by atoms with van der Waals surface area (Å²) in [5.41, 5.74) is 0. The van der Waals surface area contributed by atoms with E-state index < -0.39 is 36.5 Å². The second-order valence-corrected chi connectivity index (χ2v) is 6.83. The standard InChI is InChI=1S/C16H21N3O6S/c1-9(2)24-15(21)18-12(11-7-6-8-26-11)17-13(14(20)23-5)19(18)16(22)25-10(3)4/h6-10,12H,1-5H3. The molecule has 10 heteroatoms. The average Bonchev–Trinajstić information content (AvgIpc) is 3.19. The first-order valence-corrected chi connectivity index (χ1v) is 8.84. The molecule has 2 heterocycles. The molecule has 0 N–H and O–H groups in total. The van der Waals surface area contributed by atoms with Gasteiger partial charge in [-0.3, -0.25) is 0 Å². The smallest absolute Gasteiger partial charge is 0.435 e. The molecule has 0 spiro atoms. The fourth-order valence-electron chi connectivity index (χ4n) is 2.15. The second kappa shape index (κ2) is 8.17. The van der Waals surface area contributed by atoms with E-state index >= 15 is 0 Å². The van der Waals surface area contributed by atoms with Crippen LogP contribution in [0.2, 0.25) is 0 Å². The Morgan fingerprint density at radius 3 is 2.23 bits per heavy atom. The summed E-state index contributed by atoms with van der Waals surface area (Å²) in [6.45, 7) is 6.65. The summed E-state index contributed by atoms with van der Waals surface area (Å²) in [6.07, 6.45) is -3.59. The van der Waals surface area contributed by atoms with E-state index in [-0.39, 0.29) is 5.84 Å². The van der Waals surface area contributed by atoms with Crippen LogP contribution in [0.15, 0.2) is 22.5 Å². The van der Waals surface area contributed by atoms with Gasteiger partial charge in [-0.25, -0.2) is 19.4 Å². The van der Waals surface area contributed by atoms with Crippen LogP contribution in [0.3, 0.4) is 0 Å². The third-order valence-electron chi connectivity index (χ3n) is 3.09. The third kappa shape index (κ3) is 4.13. The highest BCUT2D eigenvalue weighted by Crippen LogP contribution is 2.34. The molecular formula is C16H21N3O6S. The lowest BCUT2D eigenvalue weighted by Gasteiger charge is -2.30. The van der Waals surface area contributed by atoms with Gasteiger partial charge in [0, 0.05) is 0 Å². The van der Waals surface area contributed by atoms with Crippen LogP contribution in [0.5, 0.6) is 0 Å². The highest BCUT2D eigenvalue weighted by Gasteiger charge is 2.47. The fourth-order valence-corrected chi connectivity index (χ4v) is 2.90. The number of hydrogen-bond acceptors (Lipinski definition) is 8. The van der Waals surface area contributed by atoms with Gasteiger partial charge in [0.05, 0.1) is 24.2 Å². The first-order valence-electron chi connectivity index (χ1n) is 7.96. The lowest BCUT2D eigenvalue weighted by atomic mass is 10.4. The van der Waals surface area contributed by atoms with Crippen LogP contribution in [0, 0.1) is 0 Å². The van der Waals surface area contributed by atoms with Crippen LogP contribution < -0.4 is 0 Å². The second-order valence-electron chi connectivity index (χ2n) is 5.85. The Labute approximate surface area is 155 Å². The summed E-state index contributed by atoms with van der Waals surface area (Å²) in [5, 5.41) is 3.52. The normalized spacial score (nSPS) is 16.7. The third-order valence-corrected chi connectivity index (χ3v) is 4.00. The molecule has 1 aromatic rings. The number of esters is 1. The van der Waals surface area contributed by atoms with Gasteiger partial charge >= 0.3 is 18.2 Å². The van der Waals surface area contributed by atoms with Crippen molar-refractivity contribution in [3.05, 3.63) is 22.4 Å². The van der Waals surface area contributed by atoms with Gasteiger partial charge in [0.2, 0.25) is 5.84 Å². The minimum atomic E-state index is -0.935. The van der Waals surface area contributed by atoms with Crippen LogP contribution in [0.1, 0.15) is 38.7 Å². The zero-order valence-electron chi connectivity index (χ0n) is 15.2. The number of carbonyl (C=O) groups excluding carboxylic acids is 3. The van der Waals surface area contributed by atoms with E-state index in [1.165, 1.54) is 11.3 Å². The lowest BCUT2D eigenvalue weighted by Crippen LogP contribution is -2.52. The van der Waals surface area contributed by atoms with Gasteiger partial charge in [0.15, 0.2) is 6.17 Å². The van der Waals surface area contributed by atoms with Crippen molar-refractivity contribution < 1.29 is 28.6 Å². The largest absolute Gasteiger partial charge is 0.463 e. The molecule has 1 aliphatic rings. The SMILES string of the molecule is COC(=O)C1=NC(c2cccs2)N(C(=O)OC(C)C)N1C(=O)OC(C)C. The maximum Gasteiger partial charge on any atom is 0.435 e. The number of hydrogen-bond donors (Lipinski definition) is 0. The van der Waals surface area contributed by atoms with Gasteiger partial charge in [0.25, 0.3) is 0 Å². The van der Waals surface area contributed by atoms with Crippen molar-refractivity contribution in [2.24, 2.45) is 4.99 Å². The predicted octanol–water partition coefficient (Wildman–Crippen LogP) is 2.94. The Hall–Kier alpha value is -2.62.